The number of amides is 1. The molecule has 1 N–H and O–H groups in total. The van der Waals surface area contributed by atoms with Crippen LogP contribution in [0.2, 0.25) is 5.02 Å². The molecule has 0 radical (unpaired) electrons. The molecule has 1 unspecified atom stereocenters. The molecule has 4 aromatic rings. The SMILES string of the molecule is C[I-]N1CC2(CCCN(c3ccc(-c4ccc(-c5nc6ccc(Cl)cc6[nH]5)cn4)cn3)C2)OC1=O. The molecule has 35 heavy (non-hydrogen) atoms. The predicted molar refractivity (Wildman–Crippen MR) is 131 cm³/mol. The Morgan fingerprint density at radius 3 is 2.69 bits per heavy atom. The number of imidazole rings is 1. The van der Waals surface area contributed by atoms with Crippen LogP contribution in [-0.4, -0.2) is 59.3 Å². The van der Waals surface area contributed by atoms with E-state index in [2.05, 4.69) is 24.8 Å². The first-order valence-electron chi connectivity index (χ1n) is 11.4. The first-order valence-corrected chi connectivity index (χ1v) is 14.9. The molecule has 0 bridgehead atoms. The maximum atomic E-state index is 12.2. The van der Waals surface area contributed by atoms with Crippen molar-refractivity contribution in [3.05, 3.63) is 59.9 Å². The van der Waals surface area contributed by atoms with Gasteiger partial charge >= 0.3 is 152 Å². The zero-order valence-electron chi connectivity index (χ0n) is 19.0. The van der Waals surface area contributed by atoms with Crippen LogP contribution in [0.3, 0.4) is 0 Å². The van der Waals surface area contributed by atoms with Crippen molar-refractivity contribution in [3.8, 4) is 22.6 Å². The Kier molecular flexibility index (Phi) is 5.76. The number of pyridine rings is 2. The summed E-state index contributed by atoms with van der Waals surface area (Å²) in [5.74, 6) is 1.65. The summed E-state index contributed by atoms with van der Waals surface area (Å²) < 4.78 is 7.72. The van der Waals surface area contributed by atoms with Gasteiger partial charge in [-0.1, -0.05) is 11.6 Å². The Balaban J connectivity index is 1.18. The first kappa shape index (κ1) is 22.5. The maximum absolute atomic E-state index is 12.2. The Morgan fingerprint density at radius 1 is 1.09 bits per heavy atom. The van der Waals surface area contributed by atoms with Crippen molar-refractivity contribution in [2.24, 2.45) is 0 Å². The Labute approximate surface area is 218 Å². The molecule has 10 heteroatoms. The second-order valence-corrected chi connectivity index (χ2v) is 11.4. The van der Waals surface area contributed by atoms with E-state index in [0.717, 1.165) is 58.9 Å². The monoisotopic (exact) mass is 601 g/mol. The van der Waals surface area contributed by atoms with E-state index in [0.29, 0.717) is 18.1 Å². The van der Waals surface area contributed by atoms with Gasteiger partial charge in [0.25, 0.3) is 0 Å². The summed E-state index contributed by atoms with van der Waals surface area (Å²) in [5.41, 5.74) is 4.03. The first-order chi connectivity index (χ1) is 17.0. The third-order valence-electron chi connectivity index (χ3n) is 6.52. The van der Waals surface area contributed by atoms with Gasteiger partial charge < -0.3 is 4.98 Å². The predicted octanol–water partition coefficient (Wildman–Crippen LogP) is 1.77. The molecular formula is C25H23ClIN6O2-. The van der Waals surface area contributed by atoms with E-state index in [1.54, 1.807) is 0 Å². The van der Waals surface area contributed by atoms with E-state index in [1.165, 1.54) is 0 Å². The topological polar surface area (TPSA) is 87.2 Å². The molecule has 1 atom stereocenters. The summed E-state index contributed by atoms with van der Waals surface area (Å²) in [5, 5.41) is 0.672. The van der Waals surface area contributed by atoms with Gasteiger partial charge in [0.1, 0.15) is 5.82 Å². The standard InChI is InChI=1S/C25H23ClIN6O2/c1-27-33-15-25(35-24(33)34)9-2-10-32(14-25)22-8-4-16(12-29-22)19-6-3-17(13-28-19)23-30-20-7-5-18(26)11-21(20)31-23/h3-8,11-13H,2,9-10,14-15H2,1H3,(H,30,31)/q-1. The van der Waals surface area contributed by atoms with E-state index < -0.39 is 5.60 Å². The summed E-state index contributed by atoms with van der Waals surface area (Å²) >= 11 is 5.77. The summed E-state index contributed by atoms with van der Waals surface area (Å²) in [7, 11) is 0. The van der Waals surface area contributed by atoms with Crippen molar-refractivity contribution in [1.29, 1.82) is 0 Å². The third kappa shape index (κ3) is 4.31. The number of hydrogen-bond acceptors (Lipinski definition) is 6. The van der Waals surface area contributed by atoms with Gasteiger partial charge in [-0.3, -0.25) is 0 Å². The molecule has 1 aromatic carbocycles. The number of alkyl halides is 1. The minimum atomic E-state index is -0.412. The van der Waals surface area contributed by atoms with Crippen molar-refractivity contribution >= 4 is 34.5 Å². The van der Waals surface area contributed by atoms with Gasteiger partial charge in [0.2, 0.25) is 0 Å². The van der Waals surface area contributed by atoms with Crippen LogP contribution in [0, 0.1) is 0 Å². The summed E-state index contributed by atoms with van der Waals surface area (Å²) in [6, 6.07) is 13.6. The number of anilines is 1. The number of aromatic amines is 1. The van der Waals surface area contributed by atoms with Crippen molar-refractivity contribution in [2.45, 2.75) is 18.4 Å². The Bertz CT molecular complexity index is 1390. The number of rotatable bonds is 4. The number of carbonyl (C=O) groups excluding carboxylic acids is 1. The molecule has 5 heterocycles. The Hall–Kier alpha value is -2.92. The van der Waals surface area contributed by atoms with Gasteiger partial charge in [0.05, 0.1) is 11.0 Å². The fraction of sp³-hybridized carbons (Fsp3) is 0.280. The number of piperidine rings is 1. The van der Waals surface area contributed by atoms with Gasteiger partial charge in [-0.25, -0.2) is 4.98 Å². The van der Waals surface area contributed by atoms with Crippen LogP contribution >= 0.6 is 11.6 Å². The quantitative estimate of drug-likeness (QED) is 0.218. The van der Waals surface area contributed by atoms with Crippen LogP contribution in [0.4, 0.5) is 10.6 Å². The summed E-state index contributed by atoms with van der Waals surface area (Å²) in [6.45, 7) is 2.28. The number of hydrogen-bond donors (Lipinski definition) is 1. The van der Waals surface area contributed by atoms with E-state index >= 15 is 0 Å². The van der Waals surface area contributed by atoms with Crippen molar-refractivity contribution in [1.82, 2.24) is 23.0 Å². The third-order valence-corrected chi connectivity index (χ3v) is 8.66. The minimum absolute atomic E-state index is 0.161. The van der Waals surface area contributed by atoms with Gasteiger partial charge in [0, 0.05) is 10.6 Å². The van der Waals surface area contributed by atoms with Crippen molar-refractivity contribution < 1.29 is 31.0 Å². The van der Waals surface area contributed by atoms with E-state index in [-0.39, 0.29) is 27.6 Å². The number of benzene rings is 1. The number of nitrogens with one attached hydrogen (secondary N) is 1. The fourth-order valence-corrected chi connectivity index (χ4v) is 6.39. The van der Waals surface area contributed by atoms with E-state index in [1.807, 2.05) is 58.0 Å². The molecule has 6 rings (SSSR count). The molecular weight excluding hydrogens is 579 g/mol. The molecule has 3 aromatic heterocycles. The van der Waals surface area contributed by atoms with Crippen LogP contribution in [0.25, 0.3) is 33.7 Å². The zero-order chi connectivity index (χ0) is 24.0. The van der Waals surface area contributed by atoms with Crippen LogP contribution in [0.15, 0.2) is 54.9 Å². The molecule has 2 aliphatic heterocycles. The zero-order valence-corrected chi connectivity index (χ0v) is 22.0. The van der Waals surface area contributed by atoms with Crippen LogP contribution in [0.1, 0.15) is 12.8 Å². The molecule has 2 fully saturated rings. The van der Waals surface area contributed by atoms with Crippen molar-refractivity contribution in [3.63, 3.8) is 0 Å². The van der Waals surface area contributed by atoms with Gasteiger partial charge in [0.15, 0.2) is 0 Å². The Morgan fingerprint density at radius 2 is 1.94 bits per heavy atom. The molecule has 8 nitrogen and oxygen atoms in total. The number of halogens is 2. The molecule has 0 saturated carbocycles. The number of nitrogens with zero attached hydrogens (tertiary/aromatic N) is 5. The van der Waals surface area contributed by atoms with Gasteiger partial charge in [-0.15, -0.1) is 0 Å². The van der Waals surface area contributed by atoms with Crippen LogP contribution < -0.4 is 26.4 Å². The van der Waals surface area contributed by atoms with Gasteiger partial charge in [-0.2, -0.15) is 0 Å². The van der Waals surface area contributed by atoms with E-state index in [4.69, 9.17) is 21.3 Å². The molecule has 0 aliphatic carbocycles. The molecule has 180 valence electrons. The van der Waals surface area contributed by atoms with Crippen LogP contribution in [0.5, 0.6) is 0 Å². The number of H-pyrrole nitrogens is 1. The van der Waals surface area contributed by atoms with Crippen LogP contribution in [-0.2, 0) is 4.74 Å². The summed E-state index contributed by atoms with van der Waals surface area (Å²) in [4.78, 5) is 33.8. The molecule has 2 aliphatic rings. The second kappa shape index (κ2) is 8.94. The fourth-order valence-electron chi connectivity index (χ4n) is 4.77. The second-order valence-electron chi connectivity index (χ2n) is 8.85. The average molecular weight is 602 g/mol. The molecule has 1 spiro atoms. The summed E-state index contributed by atoms with van der Waals surface area (Å²) in [6.07, 6.45) is 5.39. The average Bonchev–Trinajstić information content (AvgIpc) is 3.44. The molecule has 2 saturated heterocycles. The normalized spacial score (nSPS) is 20.2. The van der Waals surface area contributed by atoms with Crippen molar-refractivity contribution in [2.75, 3.05) is 29.5 Å². The van der Waals surface area contributed by atoms with E-state index in [9.17, 15) is 4.79 Å². The number of ether oxygens (including phenoxy) is 1. The number of fused-ring (bicyclic) bond motifs is 1. The van der Waals surface area contributed by atoms with Gasteiger partial charge in [-0.05, 0) is 18.2 Å². The number of aromatic nitrogens is 4. The number of carbonyl (C=O) groups is 1. The molecule has 1 amide bonds.